The molecule has 2 saturated heterocycles. The third-order valence-electron chi connectivity index (χ3n) is 4.66. The van der Waals surface area contributed by atoms with Crippen LogP contribution in [0.2, 0.25) is 0 Å². The van der Waals surface area contributed by atoms with Crippen LogP contribution >= 0.6 is 0 Å². The molecule has 0 radical (unpaired) electrons. The van der Waals surface area contributed by atoms with Crippen LogP contribution in [-0.4, -0.2) is 46.9 Å². The first-order valence-corrected chi connectivity index (χ1v) is 8.47. The highest BCUT2D eigenvalue weighted by molar-refractivity contribution is 6.13. The standard InChI is InChI=1S/C17H23N5O2/c1-3-4-12-6-9-22(10-7-12)16-18-8-5-13(19-16)11-14-15(23)20-17(24)21(14)2/h5,8,11-12H,3-4,6-7,9-10H2,1-2H3,(H,20,23,24)/b14-11-. The lowest BCUT2D eigenvalue weighted by Crippen LogP contribution is -2.34. The first-order valence-electron chi connectivity index (χ1n) is 8.47. The molecule has 3 rings (SSSR count). The molecule has 1 N–H and O–H groups in total. The smallest absolute Gasteiger partial charge is 0.328 e. The molecule has 0 saturated carbocycles. The van der Waals surface area contributed by atoms with Crippen LogP contribution in [0.25, 0.3) is 6.08 Å². The zero-order valence-corrected chi connectivity index (χ0v) is 14.2. The topological polar surface area (TPSA) is 78.4 Å². The largest absolute Gasteiger partial charge is 0.341 e. The average Bonchev–Trinajstić information content (AvgIpc) is 2.82. The Hall–Kier alpha value is -2.44. The number of carbonyl (C=O) groups is 2. The molecule has 24 heavy (non-hydrogen) atoms. The van der Waals surface area contributed by atoms with E-state index in [2.05, 4.69) is 27.1 Å². The third-order valence-corrected chi connectivity index (χ3v) is 4.66. The van der Waals surface area contributed by atoms with Gasteiger partial charge < -0.3 is 4.90 Å². The molecule has 7 heteroatoms. The van der Waals surface area contributed by atoms with E-state index >= 15 is 0 Å². The van der Waals surface area contributed by atoms with Gasteiger partial charge in [-0.25, -0.2) is 14.8 Å². The molecule has 0 aliphatic carbocycles. The summed E-state index contributed by atoms with van der Waals surface area (Å²) in [5.41, 5.74) is 0.925. The van der Waals surface area contributed by atoms with Gasteiger partial charge in [-0.3, -0.25) is 15.0 Å². The summed E-state index contributed by atoms with van der Waals surface area (Å²) < 4.78 is 0. The average molecular weight is 329 g/mol. The van der Waals surface area contributed by atoms with Gasteiger partial charge in [-0.1, -0.05) is 19.8 Å². The van der Waals surface area contributed by atoms with Crippen LogP contribution in [-0.2, 0) is 4.79 Å². The van der Waals surface area contributed by atoms with Crippen LogP contribution in [0.15, 0.2) is 18.0 Å². The number of aromatic nitrogens is 2. The zero-order valence-electron chi connectivity index (χ0n) is 14.2. The number of anilines is 1. The van der Waals surface area contributed by atoms with Crippen molar-refractivity contribution >= 4 is 24.0 Å². The van der Waals surface area contributed by atoms with Gasteiger partial charge in [0.05, 0.1) is 5.69 Å². The monoisotopic (exact) mass is 329 g/mol. The fraction of sp³-hybridized carbons (Fsp3) is 0.529. The third kappa shape index (κ3) is 3.39. The molecule has 128 valence electrons. The Morgan fingerprint density at radius 1 is 1.33 bits per heavy atom. The quantitative estimate of drug-likeness (QED) is 0.675. The summed E-state index contributed by atoms with van der Waals surface area (Å²) in [6.07, 6.45) is 8.18. The van der Waals surface area contributed by atoms with Crippen molar-refractivity contribution in [1.82, 2.24) is 20.2 Å². The predicted molar refractivity (Wildman–Crippen MR) is 91.2 cm³/mol. The van der Waals surface area contributed by atoms with Gasteiger partial charge in [0, 0.05) is 26.3 Å². The van der Waals surface area contributed by atoms with Crippen LogP contribution in [0.5, 0.6) is 0 Å². The van der Waals surface area contributed by atoms with Crippen molar-refractivity contribution in [1.29, 1.82) is 0 Å². The maximum absolute atomic E-state index is 11.8. The molecule has 2 aliphatic rings. The summed E-state index contributed by atoms with van der Waals surface area (Å²) in [7, 11) is 1.56. The van der Waals surface area contributed by atoms with Gasteiger partial charge in [0.1, 0.15) is 5.70 Å². The minimum Gasteiger partial charge on any atom is -0.341 e. The van der Waals surface area contributed by atoms with E-state index in [4.69, 9.17) is 0 Å². The van der Waals surface area contributed by atoms with E-state index < -0.39 is 11.9 Å². The number of likely N-dealkylation sites (N-methyl/N-ethyl adjacent to an activating group) is 1. The molecule has 7 nitrogen and oxygen atoms in total. The number of urea groups is 1. The summed E-state index contributed by atoms with van der Waals surface area (Å²) in [6, 6.07) is 1.32. The van der Waals surface area contributed by atoms with Crippen molar-refractivity contribution in [3.8, 4) is 0 Å². The number of amides is 3. The maximum Gasteiger partial charge on any atom is 0.328 e. The van der Waals surface area contributed by atoms with Gasteiger partial charge >= 0.3 is 6.03 Å². The van der Waals surface area contributed by atoms with E-state index in [0.717, 1.165) is 19.0 Å². The van der Waals surface area contributed by atoms with Crippen molar-refractivity contribution in [3.63, 3.8) is 0 Å². The molecule has 3 heterocycles. The second-order valence-electron chi connectivity index (χ2n) is 6.35. The lowest BCUT2D eigenvalue weighted by atomic mass is 9.93. The Balaban J connectivity index is 1.73. The highest BCUT2D eigenvalue weighted by Crippen LogP contribution is 2.24. The number of hydrogen-bond donors (Lipinski definition) is 1. The number of piperidine rings is 1. The van der Waals surface area contributed by atoms with E-state index in [1.807, 2.05) is 0 Å². The first kappa shape index (κ1) is 16.4. The Bertz CT molecular complexity index is 665. The van der Waals surface area contributed by atoms with Gasteiger partial charge in [-0.2, -0.15) is 0 Å². The van der Waals surface area contributed by atoms with Crippen LogP contribution < -0.4 is 10.2 Å². The molecular weight excluding hydrogens is 306 g/mol. The SMILES string of the molecule is CCCC1CCN(c2nccc(/C=C3/C(=O)NC(=O)N3C)n2)CC1. The summed E-state index contributed by atoms with van der Waals surface area (Å²) in [5, 5.41) is 2.26. The molecule has 2 aliphatic heterocycles. The van der Waals surface area contributed by atoms with Crippen LogP contribution in [0.4, 0.5) is 10.7 Å². The molecule has 0 atom stereocenters. The summed E-state index contributed by atoms with van der Waals surface area (Å²) in [6.45, 7) is 4.15. The molecule has 1 aromatic heterocycles. The fourth-order valence-electron chi connectivity index (χ4n) is 3.23. The molecule has 0 aromatic carbocycles. The fourth-order valence-corrected chi connectivity index (χ4v) is 3.23. The Labute approximate surface area is 141 Å². The summed E-state index contributed by atoms with van der Waals surface area (Å²) in [5.74, 6) is 1.09. The van der Waals surface area contributed by atoms with Gasteiger partial charge in [0.2, 0.25) is 5.95 Å². The number of rotatable bonds is 4. The normalized spacial score (nSPS) is 20.8. The maximum atomic E-state index is 11.8. The minimum absolute atomic E-state index is 0.298. The lowest BCUT2D eigenvalue weighted by molar-refractivity contribution is -0.115. The first-order chi connectivity index (χ1) is 11.6. The molecule has 3 amide bonds. The second-order valence-corrected chi connectivity index (χ2v) is 6.35. The molecule has 2 fully saturated rings. The Kier molecular flexibility index (Phi) is 4.78. The van der Waals surface area contributed by atoms with Gasteiger partial charge in [-0.15, -0.1) is 0 Å². The number of imide groups is 1. The van der Waals surface area contributed by atoms with Gasteiger partial charge in [0.25, 0.3) is 5.91 Å². The Morgan fingerprint density at radius 3 is 2.71 bits per heavy atom. The van der Waals surface area contributed by atoms with Crippen molar-refractivity contribution in [2.75, 3.05) is 25.0 Å². The van der Waals surface area contributed by atoms with Gasteiger partial charge in [0.15, 0.2) is 0 Å². The van der Waals surface area contributed by atoms with Crippen molar-refractivity contribution in [3.05, 3.63) is 23.7 Å². The predicted octanol–water partition coefficient (Wildman–Crippen LogP) is 2.02. The summed E-state index contributed by atoms with van der Waals surface area (Å²) >= 11 is 0. The highest BCUT2D eigenvalue weighted by Gasteiger charge is 2.30. The number of nitrogens with zero attached hydrogens (tertiary/aromatic N) is 4. The molecule has 0 spiro atoms. The van der Waals surface area contributed by atoms with Crippen molar-refractivity contribution in [2.24, 2.45) is 5.92 Å². The van der Waals surface area contributed by atoms with E-state index in [1.54, 1.807) is 25.4 Å². The number of nitrogens with one attached hydrogen (secondary N) is 1. The van der Waals surface area contributed by atoms with E-state index in [9.17, 15) is 9.59 Å². The summed E-state index contributed by atoms with van der Waals surface area (Å²) in [4.78, 5) is 35.7. The van der Waals surface area contributed by atoms with Crippen molar-refractivity contribution < 1.29 is 9.59 Å². The molecule has 0 bridgehead atoms. The van der Waals surface area contributed by atoms with Crippen LogP contribution in [0.3, 0.4) is 0 Å². The molecular formula is C17H23N5O2. The molecule has 1 aromatic rings. The van der Waals surface area contributed by atoms with Gasteiger partial charge in [-0.05, 0) is 30.9 Å². The Morgan fingerprint density at radius 2 is 2.08 bits per heavy atom. The van der Waals surface area contributed by atoms with Crippen LogP contribution in [0.1, 0.15) is 38.3 Å². The number of carbonyl (C=O) groups excluding carboxylic acids is 2. The van der Waals surface area contributed by atoms with E-state index in [1.165, 1.54) is 30.6 Å². The second kappa shape index (κ2) is 6.98. The lowest BCUT2D eigenvalue weighted by Gasteiger charge is -2.31. The zero-order chi connectivity index (χ0) is 17.1. The van der Waals surface area contributed by atoms with Crippen molar-refractivity contribution in [2.45, 2.75) is 32.6 Å². The van der Waals surface area contributed by atoms with E-state index in [-0.39, 0.29) is 0 Å². The van der Waals surface area contributed by atoms with E-state index in [0.29, 0.717) is 17.3 Å². The minimum atomic E-state index is -0.418. The number of hydrogen-bond acceptors (Lipinski definition) is 5. The highest BCUT2D eigenvalue weighted by atomic mass is 16.2. The molecule has 0 unspecified atom stereocenters. The van der Waals surface area contributed by atoms with Crippen LogP contribution in [0, 0.1) is 5.92 Å².